The molecular weight excluding hydrogens is 476 g/mol. The van der Waals surface area contributed by atoms with Gasteiger partial charge in [0.2, 0.25) is 21.8 Å². The molecule has 36 heavy (non-hydrogen) atoms. The fraction of sp³-hybridized carbons (Fsp3) is 0.500. The maximum atomic E-state index is 12.3. The van der Waals surface area contributed by atoms with Gasteiger partial charge < -0.3 is 15.5 Å². The Morgan fingerprint density at radius 1 is 1.22 bits per heavy atom. The van der Waals surface area contributed by atoms with Crippen molar-refractivity contribution in [3.63, 3.8) is 0 Å². The monoisotopic (exact) mass is 512 g/mol. The van der Waals surface area contributed by atoms with Crippen LogP contribution in [0.4, 0.5) is 11.6 Å². The molecule has 0 radical (unpaired) electrons. The van der Waals surface area contributed by atoms with Crippen molar-refractivity contribution in [3.05, 3.63) is 53.9 Å². The normalized spacial score (nSPS) is 20.1. The van der Waals surface area contributed by atoms with E-state index in [1.54, 1.807) is 6.07 Å². The number of benzene rings is 1. The van der Waals surface area contributed by atoms with Crippen LogP contribution >= 0.6 is 0 Å². The average molecular weight is 513 g/mol. The number of hydrogen-bond acceptors (Lipinski definition) is 8. The topological polar surface area (TPSA) is 127 Å². The van der Waals surface area contributed by atoms with Crippen LogP contribution in [0.25, 0.3) is 11.5 Å². The molecule has 0 spiro atoms. The predicted octanol–water partition coefficient (Wildman–Crippen LogP) is 4.04. The Morgan fingerprint density at radius 3 is 2.47 bits per heavy atom. The Hall–Kier alpha value is -2.98. The van der Waals surface area contributed by atoms with Gasteiger partial charge in [0.15, 0.2) is 0 Å². The molecule has 4 atom stereocenters. The standard InChI is InChI=1S/C26H36N6O3S/c1-16(2)23(20-12-17(20)3)29-21-13-19(14-22(28-21)32(5)36(6,33)34)24-30-31-25(35-24)26(4,27)15-18-10-8-7-9-11-18/h7-11,13-14,16-17,20,23H,12,15,27H2,1-6H3,(H,28,29)/t17-,20?,23-,26+/m0/s1. The molecule has 0 saturated heterocycles. The number of sulfonamides is 1. The van der Waals surface area contributed by atoms with E-state index in [4.69, 9.17) is 10.2 Å². The second kappa shape index (κ2) is 9.82. The molecule has 1 fully saturated rings. The molecule has 2 aromatic heterocycles. The van der Waals surface area contributed by atoms with Gasteiger partial charge in [-0.2, -0.15) is 0 Å². The van der Waals surface area contributed by atoms with Gasteiger partial charge in [0.1, 0.15) is 11.6 Å². The summed E-state index contributed by atoms with van der Waals surface area (Å²) in [5.41, 5.74) is 7.32. The molecule has 0 bridgehead atoms. The Balaban J connectivity index is 1.69. The molecule has 0 amide bonds. The van der Waals surface area contributed by atoms with Crippen LogP contribution in [0.2, 0.25) is 0 Å². The molecule has 3 N–H and O–H groups in total. The molecule has 9 nitrogen and oxygen atoms in total. The first-order chi connectivity index (χ1) is 16.8. The van der Waals surface area contributed by atoms with Crippen LogP contribution in [0.5, 0.6) is 0 Å². The summed E-state index contributed by atoms with van der Waals surface area (Å²) < 4.78 is 31.8. The van der Waals surface area contributed by atoms with Gasteiger partial charge in [-0.25, -0.2) is 13.4 Å². The number of hydrogen-bond donors (Lipinski definition) is 2. The minimum absolute atomic E-state index is 0.218. The van der Waals surface area contributed by atoms with Gasteiger partial charge in [-0.05, 0) is 55.2 Å². The molecule has 2 heterocycles. The number of nitrogens with two attached hydrogens (primary N) is 1. The first kappa shape index (κ1) is 26.1. The van der Waals surface area contributed by atoms with E-state index in [1.165, 1.54) is 7.05 Å². The number of aromatic nitrogens is 3. The number of anilines is 2. The van der Waals surface area contributed by atoms with Crippen molar-refractivity contribution < 1.29 is 12.8 Å². The van der Waals surface area contributed by atoms with Crippen molar-refractivity contribution in [2.24, 2.45) is 23.5 Å². The third-order valence-corrected chi connectivity index (χ3v) is 8.05. The van der Waals surface area contributed by atoms with Crippen molar-refractivity contribution in [2.75, 3.05) is 22.9 Å². The Kier molecular flexibility index (Phi) is 7.12. The first-order valence-electron chi connectivity index (χ1n) is 12.2. The zero-order valence-electron chi connectivity index (χ0n) is 21.8. The van der Waals surface area contributed by atoms with Crippen molar-refractivity contribution >= 4 is 21.7 Å². The lowest BCUT2D eigenvalue weighted by molar-refractivity contribution is 0.355. The largest absolute Gasteiger partial charge is 0.419 e. The van der Waals surface area contributed by atoms with E-state index in [2.05, 4.69) is 41.3 Å². The predicted molar refractivity (Wildman–Crippen MR) is 142 cm³/mol. The van der Waals surface area contributed by atoms with E-state index in [1.807, 2.05) is 43.3 Å². The summed E-state index contributed by atoms with van der Waals surface area (Å²) in [6.07, 6.45) is 2.83. The Morgan fingerprint density at radius 2 is 1.89 bits per heavy atom. The van der Waals surface area contributed by atoms with Crippen molar-refractivity contribution in [2.45, 2.75) is 52.1 Å². The summed E-state index contributed by atoms with van der Waals surface area (Å²) in [6, 6.07) is 13.6. The summed E-state index contributed by atoms with van der Waals surface area (Å²) in [5, 5.41) is 12.0. The van der Waals surface area contributed by atoms with Gasteiger partial charge in [-0.15, -0.1) is 10.2 Å². The van der Waals surface area contributed by atoms with Gasteiger partial charge in [0.05, 0.1) is 11.8 Å². The molecule has 1 aliphatic rings. The van der Waals surface area contributed by atoms with E-state index < -0.39 is 15.6 Å². The van der Waals surface area contributed by atoms with Gasteiger partial charge >= 0.3 is 0 Å². The van der Waals surface area contributed by atoms with Gasteiger partial charge in [0, 0.05) is 18.7 Å². The van der Waals surface area contributed by atoms with Gasteiger partial charge in [-0.1, -0.05) is 51.1 Å². The lowest BCUT2D eigenvalue weighted by Gasteiger charge is -2.25. The van der Waals surface area contributed by atoms with Crippen LogP contribution in [0.3, 0.4) is 0 Å². The van der Waals surface area contributed by atoms with Crippen LogP contribution in [0.15, 0.2) is 46.9 Å². The lowest BCUT2D eigenvalue weighted by atomic mass is 9.94. The van der Waals surface area contributed by atoms with Crippen molar-refractivity contribution in [1.29, 1.82) is 0 Å². The van der Waals surface area contributed by atoms with E-state index in [9.17, 15) is 8.42 Å². The van der Waals surface area contributed by atoms with Crippen molar-refractivity contribution in [1.82, 2.24) is 15.2 Å². The van der Waals surface area contributed by atoms with E-state index in [-0.39, 0.29) is 17.8 Å². The summed E-state index contributed by atoms with van der Waals surface area (Å²) in [5.74, 6) is 2.97. The maximum absolute atomic E-state index is 12.3. The van der Waals surface area contributed by atoms with Crippen LogP contribution in [0, 0.1) is 17.8 Å². The smallest absolute Gasteiger partial charge is 0.248 e. The first-order valence-corrected chi connectivity index (χ1v) is 14.1. The number of rotatable bonds is 10. The number of nitrogens with zero attached hydrogens (tertiary/aromatic N) is 4. The number of nitrogens with one attached hydrogen (secondary N) is 1. The zero-order valence-corrected chi connectivity index (χ0v) is 22.6. The Labute approximate surface area is 213 Å². The van der Waals surface area contributed by atoms with Gasteiger partial charge in [-0.3, -0.25) is 4.31 Å². The average Bonchev–Trinajstić information content (AvgIpc) is 3.30. The number of pyridine rings is 1. The highest BCUT2D eigenvalue weighted by Crippen LogP contribution is 2.44. The quantitative estimate of drug-likeness (QED) is 0.417. The third-order valence-electron chi connectivity index (χ3n) is 6.87. The molecule has 10 heteroatoms. The zero-order chi connectivity index (χ0) is 26.3. The minimum atomic E-state index is -3.53. The minimum Gasteiger partial charge on any atom is -0.419 e. The highest BCUT2D eigenvalue weighted by atomic mass is 32.2. The highest BCUT2D eigenvalue weighted by Gasteiger charge is 2.41. The molecule has 4 rings (SSSR count). The molecule has 194 valence electrons. The second-order valence-electron chi connectivity index (χ2n) is 10.6. The lowest BCUT2D eigenvalue weighted by Crippen LogP contribution is -2.35. The summed E-state index contributed by atoms with van der Waals surface area (Å²) in [6.45, 7) is 8.45. The third kappa shape index (κ3) is 5.87. The van der Waals surface area contributed by atoms with Crippen molar-refractivity contribution in [3.8, 4) is 11.5 Å². The highest BCUT2D eigenvalue weighted by molar-refractivity contribution is 7.92. The van der Waals surface area contributed by atoms with Crippen LogP contribution in [-0.2, 0) is 22.0 Å². The fourth-order valence-electron chi connectivity index (χ4n) is 4.50. The summed E-state index contributed by atoms with van der Waals surface area (Å²) in [4.78, 5) is 4.62. The molecule has 1 aliphatic carbocycles. The summed E-state index contributed by atoms with van der Waals surface area (Å²) >= 11 is 0. The van der Waals surface area contributed by atoms with E-state index in [0.717, 1.165) is 22.5 Å². The van der Waals surface area contributed by atoms with E-state index in [0.29, 0.717) is 41.4 Å². The second-order valence-corrected chi connectivity index (χ2v) is 12.6. The maximum Gasteiger partial charge on any atom is 0.248 e. The fourth-order valence-corrected chi connectivity index (χ4v) is 4.93. The molecule has 0 aliphatic heterocycles. The molecule has 1 unspecified atom stereocenters. The summed E-state index contributed by atoms with van der Waals surface area (Å²) in [7, 11) is -2.05. The SMILES string of the molecule is CC(C)[C@H](Nc1cc(-c2nnc([C@](C)(N)Cc3ccccc3)o2)cc(N(C)S(C)(=O)=O)n1)C1C[C@@H]1C. The Bertz CT molecular complexity index is 1310. The molecule has 1 aromatic carbocycles. The van der Waals surface area contributed by atoms with Crippen LogP contribution in [0.1, 0.15) is 45.6 Å². The van der Waals surface area contributed by atoms with Crippen LogP contribution in [-0.4, -0.2) is 42.9 Å². The van der Waals surface area contributed by atoms with E-state index >= 15 is 0 Å². The molecule has 1 saturated carbocycles. The molecule has 3 aromatic rings. The van der Waals surface area contributed by atoms with Gasteiger partial charge in [0.25, 0.3) is 0 Å². The molecular formula is C26H36N6O3S. The van der Waals surface area contributed by atoms with Crippen LogP contribution < -0.4 is 15.4 Å².